The van der Waals surface area contributed by atoms with Crippen LogP contribution >= 0.6 is 11.3 Å². The van der Waals surface area contributed by atoms with Gasteiger partial charge in [0.1, 0.15) is 0 Å². The second kappa shape index (κ2) is 5.73. The molecule has 0 spiro atoms. The maximum absolute atomic E-state index is 12.8. The Bertz CT molecular complexity index is 819. The monoisotopic (exact) mass is 310 g/mol. The summed E-state index contributed by atoms with van der Waals surface area (Å²) >= 11 is 1.40. The molecule has 1 aromatic heterocycles. The van der Waals surface area contributed by atoms with Crippen LogP contribution in [-0.4, -0.2) is 16.9 Å². The van der Waals surface area contributed by atoms with Gasteiger partial charge in [-0.3, -0.25) is 9.59 Å². The van der Waals surface area contributed by atoms with Gasteiger partial charge in [0, 0.05) is 5.56 Å². The molecule has 1 N–H and O–H groups in total. The predicted molar refractivity (Wildman–Crippen MR) is 86.9 cm³/mol. The van der Waals surface area contributed by atoms with Crippen LogP contribution in [0.5, 0.6) is 0 Å². The summed E-state index contributed by atoms with van der Waals surface area (Å²) in [5, 5.41) is 11.0. The van der Waals surface area contributed by atoms with E-state index >= 15 is 0 Å². The molecule has 0 bridgehead atoms. The Morgan fingerprint density at radius 2 is 1.77 bits per heavy atom. The first kappa shape index (κ1) is 14.5. The Morgan fingerprint density at radius 1 is 1.05 bits per heavy atom. The highest BCUT2D eigenvalue weighted by Crippen LogP contribution is 2.38. The highest BCUT2D eigenvalue weighted by molar-refractivity contribution is 7.12. The van der Waals surface area contributed by atoms with Crippen LogP contribution < -0.4 is 0 Å². The maximum Gasteiger partial charge on any atom is 0.307 e. The van der Waals surface area contributed by atoms with Gasteiger partial charge in [-0.1, -0.05) is 36.4 Å². The summed E-state index contributed by atoms with van der Waals surface area (Å²) in [7, 11) is 0. The minimum atomic E-state index is -0.892. The summed E-state index contributed by atoms with van der Waals surface area (Å²) < 4.78 is 0. The van der Waals surface area contributed by atoms with Crippen LogP contribution in [0.1, 0.15) is 26.4 Å². The van der Waals surface area contributed by atoms with Crippen molar-refractivity contribution >= 4 is 23.1 Å². The van der Waals surface area contributed by atoms with E-state index in [0.717, 1.165) is 22.3 Å². The number of aliphatic carboxylic acids is 1. The highest BCUT2D eigenvalue weighted by atomic mass is 32.1. The van der Waals surface area contributed by atoms with Gasteiger partial charge in [0.15, 0.2) is 0 Å². The van der Waals surface area contributed by atoms with Crippen molar-refractivity contribution in [2.24, 2.45) is 0 Å². The molecular formula is C18H14O3S. The molecule has 0 radical (unpaired) electrons. The molecule has 0 saturated heterocycles. The quantitative estimate of drug-likeness (QED) is 0.741. The third-order valence-electron chi connectivity index (χ3n) is 3.76. The number of carboxylic acid groups (broad SMARTS) is 1. The van der Waals surface area contributed by atoms with Crippen LogP contribution in [0.4, 0.5) is 0 Å². The number of rotatable bonds is 4. The van der Waals surface area contributed by atoms with Gasteiger partial charge in [0.25, 0.3) is 0 Å². The van der Waals surface area contributed by atoms with Crippen LogP contribution in [0.15, 0.2) is 47.8 Å². The first-order valence-corrected chi connectivity index (χ1v) is 7.77. The van der Waals surface area contributed by atoms with Crippen molar-refractivity contribution in [2.75, 3.05) is 0 Å². The summed E-state index contributed by atoms with van der Waals surface area (Å²) in [5.41, 5.74) is 3.76. The molecule has 0 atom stereocenters. The standard InChI is InChI=1S/C18H14O3S/c1-11-14(10-16(19)20)12-6-3-2-4-7-13(12)17(11)18(21)15-8-5-9-22-15/h2-9H,10H2,1H3,(H,19,20). The Morgan fingerprint density at radius 3 is 2.41 bits per heavy atom. The molecule has 3 rings (SSSR count). The maximum atomic E-state index is 12.8. The second-order valence-corrected chi connectivity index (χ2v) is 6.04. The Balaban J connectivity index is 2.25. The van der Waals surface area contributed by atoms with Crippen molar-refractivity contribution in [1.82, 2.24) is 0 Å². The second-order valence-electron chi connectivity index (χ2n) is 5.09. The van der Waals surface area contributed by atoms with Crippen molar-refractivity contribution in [3.8, 4) is 11.1 Å². The van der Waals surface area contributed by atoms with Gasteiger partial charge < -0.3 is 5.11 Å². The summed E-state index contributed by atoms with van der Waals surface area (Å²) in [6, 6.07) is 13.0. The van der Waals surface area contributed by atoms with Crippen LogP contribution in [0.25, 0.3) is 11.1 Å². The highest BCUT2D eigenvalue weighted by Gasteiger charge is 2.26. The number of ketones is 1. The SMILES string of the molecule is Cc1c(CC(=O)O)c2cccccc-2c1C(=O)c1cccs1. The fraction of sp³-hybridized carbons (Fsp3) is 0.111. The van der Waals surface area contributed by atoms with Crippen LogP contribution in [0.2, 0.25) is 0 Å². The number of carboxylic acids is 1. The molecule has 0 saturated carbocycles. The Labute approximate surface area is 132 Å². The van der Waals surface area contributed by atoms with Crippen molar-refractivity contribution in [3.63, 3.8) is 0 Å². The summed E-state index contributed by atoms with van der Waals surface area (Å²) in [4.78, 5) is 24.6. The third-order valence-corrected chi connectivity index (χ3v) is 4.63. The van der Waals surface area contributed by atoms with Gasteiger partial charge in [0.05, 0.1) is 11.3 Å². The number of hydrogen-bond donors (Lipinski definition) is 1. The van der Waals surface area contributed by atoms with Crippen molar-refractivity contribution in [1.29, 1.82) is 0 Å². The molecule has 1 heterocycles. The van der Waals surface area contributed by atoms with Crippen LogP contribution in [0, 0.1) is 6.92 Å². The number of thiophene rings is 1. The topological polar surface area (TPSA) is 54.4 Å². The molecule has 110 valence electrons. The third kappa shape index (κ3) is 2.42. The number of hydrogen-bond acceptors (Lipinski definition) is 3. The minimum absolute atomic E-state index is 0.0414. The van der Waals surface area contributed by atoms with E-state index in [1.165, 1.54) is 11.3 Å². The summed E-state index contributed by atoms with van der Waals surface area (Å²) in [6.45, 7) is 1.83. The molecule has 22 heavy (non-hydrogen) atoms. The summed E-state index contributed by atoms with van der Waals surface area (Å²) in [6.07, 6.45) is -0.0793. The van der Waals surface area contributed by atoms with Crippen LogP contribution in [-0.2, 0) is 11.2 Å². The lowest BCUT2D eigenvalue weighted by molar-refractivity contribution is -0.136. The molecule has 3 nitrogen and oxygen atoms in total. The molecular weight excluding hydrogens is 296 g/mol. The van der Waals surface area contributed by atoms with E-state index < -0.39 is 5.97 Å². The largest absolute Gasteiger partial charge is 0.481 e. The van der Waals surface area contributed by atoms with Gasteiger partial charge in [-0.05, 0) is 40.6 Å². The van der Waals surface area contributed by atoms with Crippen molar-refractivity contribution in [3.05, 3.63) is 69.4 Å². The normalized spacial score (nSPS) is 10.8. The van der Waals surface area contributed by atoms with Crippen molar-refractivity contribution in [2.45, 2.75) is 13.3 Å². The van der Waals surface area contributed by atoms with E-state index in [4.69, 9.17) is 5.11 Å². The van der Waals surface area contributed by atoms with Crippen molar-refractivity contribution < 1.29 is 14.7 Å². The van der Waals surface area contributed by atoms with E-state index in [0.29, 0.717) is 10.4 Å². The molecule has 0 aliphatic heterocycles. The van der Waals surface area contributed by atoms with Gasteiger partial charge in [-0.25, -0.2) is 0 Å². The van der Waals surface area contributed by atoms with E-state index in [1.807, 2.05) is 48.7 Å². The smallest absolute Gasteiger partial charge is 0.307 e. The van der Waals surface area contributed by atoms with E-state index in [1.54, 1.807) is 6.07 Å². The first-order chi connectivity index (χ1) is 10.6. The zero-order valence-electron chi connectivity index (χ0n) is 12.0. The van der Waals surface area contributed by atoms with Gasteiger partial charge in [0.2, 0.25) is 5.78 Å². The lowest BCUT2D eigenvalue weighted by Crippen LogP contribution is -2.03. The molecule has 0 unspecified atom stereocenters. The fourth-order valence-electron chi connectivity index (χ4n) is 2.79. The summed E-state index contributed by atoms with van der Waals surface area (Å²) in [5.74, 6) is -0.933. The lowest BCUT2D eigenvalue weighted by atomic mass is 10.0. The predicted octanol–water partition coefficient (Wildman–Crippen LogP) is 4.02. The average molecular weight is 310 g/mol. The van der Waals surface area contributed by atoms with Gasteiger partial charge >= 0.3 is 5.97 Å². The zero-order valence-corrected chi connectivity index (χ0v) is 12.8. The fourth-order valence-corrected chi connectivity index (χ4v) is 3.46. The first-order valence-electron chi connectivity index (χ1n) is 6.89. The number of fused-ring (bicyclic) bond motifs is 1. The number of carbonyl (C=O) groups excluding carboxylic acids is 1. The molecule has 0 aromatic carbocycles. The molecule has 1 aromatic rings. The van der Waals surface area contributed by atoms with Gasteiger partial charge in [-0.2, -0.15) is 0 Å². The van der Waals surface area contributed by atoms with E-state index in [2.05, 4.69) is 0 Å². The Kier molecular flexibility index (Phi) is 3.77. The minimum Gasteiger partial charge on any atom is -0.481 e. The Hall–Kier alpha value is -2.46. The average Bonchev–Trinajstić information content (AvgIpc) is 3.01. The van der Waals surface area contributed by atoms with E-state index in [-0.39, 0.29) is 12.2 Å². The van der Waals surface area contributed by atoms with Gasteiger partial charge in [-0.15, -0.1) is 11.3 Å². The number of carbonyl (C=O) groups is 2. The molecule has 0 fully saturated rings. The molecule has 0 amide bonds. The molecule has 4 heteroatoms. The lowest BCUT2D eigenvalue weighted by Gasteiger charge is -2.00. The zero-order chi connectivity index (χ0) is 15.7. The van der Waals surface area contributed by atoms with E-state index in [9.17, 15) is 9.59 Å². The van der Waals surface area contributed by atoms with Crippen LogP contribution in [0.3, 0.4) is 0 Å². The molecule has 2 aliphatic carbocycles. The molecule has 2 aliphatic rings.